The van der Waals surface area contributed by atoms with Gasteiger partial charge in [-0.3, -0.25) is 14.5 Å². The van der Waals surface area contributed by atoms with Gasteiger partial charge in [0.15, 0.2) is 0 Å². The summed E-state index contributed by atoms with van der Waals surface area (Å²) < 4.78 is 21.0. The first-order valence-corrected chi connectivity index (χ1v) is 12.6. The summed E-state index contributed by atoms with van der Waals surface area (Å²) in [7, 11) is 1.51. The second-order valence-corrected chi connectivity index (χ2v) is 9.60. The monoisotopic (exact) mass is 517 g/mol. The molecule has 0 saturated heterocycles. The van der Waals surface area contributed by atoms with Crippen LogP contribution in [0.4, 0.5) is 10.1 Å². The molecule has 0 saturated carbocycles. The summed E-state index contributed by atoms with van der Waals surface area (Å²) in [5.74, 6) is -0.410. The summed E-state index contributed by atoms with van der Waals surface area (Å²) in [5, 5.41) is 11.3. The third-order valence-corrected chi connectivity index (χ3v) is 6.28. The van der Waals surface area contributed by atoms with E-state index in [0.29, 0.717) is 40.5 Å². The minimum Gasteiger partial charge on any atom is -0.495 e. The lowest BCUT2D eigenvalue weighted by molar-refractivity contribution is -0.127. The molecule has 0 unspecified atom stereocenters. The van der Waals surface area contributed by atoms with Crippen molar-refractivity contribution in [3.05, 3.63) is 83.7 Å². The Bertz CT molecular complexity index is 1420. The van der Waals surface area contributed by atoms with Crippen molar-refractivity contribution < 1.29 is 18.7 Å². The molecule has 0 spiro atoms. The minimum absolute atomic E-state index is 0.172. The van der Waals surface area contributed by atoms with Gasteiger partial charge in [0.1, 0.15) is 29.7 Å². The molecule has 0 fully saturated rings. The Labute approximate surface area is 221 Å². The first-order chi connectivity index (χ1) is 18.3. The number of nitrogens with zero attached hydrogens (tertiary/aromatic N) is 4. The third-order valence-electron chi connectivity index (χ3n) is 6.28. The van der Waals surface area contributed by atoms with Crippen LogP contribution in [-0.2, 0) is 16.1 Å². The van der Waals surface area contributed by atoms with E-state index in [2.05, 4.69) is 29.5 Å². The molecule has 8 nitrogen and oxygen atoms in total. The van der Waals surface area contributed by atoms with Crippen LogP contribution in [0.25, 0.3) is 11.0 Å². The fraction of sp³-hybridized carbons (Fsp3) is 0.310. The molecule has 4 aromatic rings. The highest BCUT2D eigenvalue weighted by Crippen LogP contribution is 2.36. The average molecular weight is 518 g/mol. The molecule has 198 valence electrons. The van der Waals surface area contributed by atoms with Gasteiger partial charge < -0.3 is 10.1 Å². The molecule has 1 heterocycles. The molecule has 1 atom stereocenters. The summed E-state index contributed by atoms with van der Waals surface area (Å²) in [5.41, 5.74) is 3.12. The number of fused-ring (bicyclic) bond motifs is 1. The van der Waals surface area contributed by atoms with E-state index < -0.39 is 17.8 Å². The van der Waals surface area contributed by atoms with Gasteiger partial charge in [-0.15, -0.1) is 5.10 Å². The second kappa shape index (κ2) is 11.9. The molecule has 0 aliphatic carbocycles. The molecule has 2 amide bonds. The summed E-state index contributed by atoms with van der Waals surface area (Å²) in [6.07, 6.45) is 0.772. The number of hydrogen-bond acceptors (Lipinski definition) is 5. The highest BCUT2D eigenvalue weighted by atomic mass is 19.1. The number of ether oxygens (including phenoxy) is 1. The van der Waals surface area contributed by atoms with Crippen LogP contribution in [0, 0.1) is 18.7 Å². The smallest absolute Gasteiger partial charge is 0.249 e. The van der Waals surface area contributed by atoms with Crippen LogP contribution < -0.4 is 15.0 Å². The fourth-order valence-electron chi connectivity index (χ4n) is 4.29. The number of halogens is 1. The zero-order valence-electron chi connectivity index (χ0n) is 22.0. The Kier molecular flexibility index (Phi) is 8.35. The molecule has 1 aromatic heterocycles. The Morgan fingerprint density at radius 2 is 1.82 bits per heavy atom. The highest BCUT2D eigenvalue weighted by molar-refractivity contribution is 6.02. The van der Waals surface area contributed by atoms with Gasteiger partial charge >= 0.3 is 0 Å². The standard InChI is InChI=1S/C29H32FN5O3/c1-19(2)15-16-31-29(37)28(21-10-12-22(30)13-11-21)35(25-17-20(3)9-14-26(25)38-4)27(36)18-34-24-8-6-5-7-23(24)32-33-34/h5-14,17,19,28H,15-16,18H2,1-4H3,(H,31,37)/t28-/m0/s1. The van der Waals surface area contributed by atoms with Gasteiger partial charge in [-0.25, -0.2) is 9.07 Å². The van der Waals surface area contributed by atoms with Gasteiger partial charge in [0.2, 0.25) is 11.8 Å². The zero-order valence-corrected chi connectivity index (χ0v) is 22.0. The van der Waals surface area contributed by atoms with Crippen molar-refractivity contribution in [1.29, 1.82) is 0 Å². The van der Waals surface area contributed by atoms with Crippen molar-refractivity contribution in [3.63, 3.8) is 0 Å². The Balaban J connectivity index is 1.83. The van der Waals surface area contributed by atoms with Crippen molar-refractivity contribution in [2.45, 2.75) is 39.8 Å². The lowest BCUT2D eigenvalue weighted by Crippen LogP contribution is -2.45. The Morgan fingerprint density at radius 3 is 2.53 bits per heavy atom. The molecule has 0 radical (unpaired) electrons. The number of carbonyl (C=O) groups is 2. The Morgan fingerprint density at radius 1 is 1.08 bits per heavy atom. The van der Waals surface area contributed by atoms with E-state index in [1.807, 2.05) is 37.3 Å². The maximum atomic E-state index is 14.1. The van der Waals surface area contributed by atoms with Gasteiger partial charge in [-0.2, -0.15) is 0 Å². The maximum absolute atomic E-state index is 14.1. The van der Waals surface area contributed by atoms with Gasteiger partial charge in [-0.05, 0) is 66.8 Å². The predicted octanol–water partition coefficient (Wildman–Crippen LogP) is 4.82. The lowest BCUT2D eigenvalue weighted by atomic mass is 10.0. The van der Waals surface area contributed by atoms with Crippen molar-refractivity contribution in [2.24, 2.45) is 5.92 Å². The van der Waals surface area contributed by atoms with E-state index in [4.69, 9.17) is 4.74 Å². The first-order valence-electron chi connectivity index (χ1n) is 12.6. The normalized spacial score (nSPS) is 11.9. The number of anilines is 1. The first kappa shape index (κ1) is 26.8. The molecule has 4 rings (SSSR count). The van der Waals surface area contributed by atoms with Crippen molar-refractivity contribution >= 4 is 28.5 Å². The van der Waals surface area contributed by atoms with Crippen molar-refractivity contribution in [1.82, 2.24) is 20.3 Å². The number of carbonyl (C=O) groups excluding carboxylic acids is 2. The fourth-order valence-corrected chi connectivity index (χ4v) is 4.29. The van der Waals surface area contributed by atoms with Gasteiger partial charge in [0.25, 0.3) is 0 Å². The number of rotatable bonds is 10. The lowest BCUT2D eigenvalue weighted by Gasteiger charge is -2.32. The molecule has 0 bridgehead atoms. The average Bonchev–Trinajstić information content (AvgIpc) is 3.30. The maximum Gasteiger partial charge on any atom is 0.249 e. The molecule has 9 heteroatoms. The quantitative estimate of drug-likeness (QED) is 0.326. The van der Waals surface area contributed by atoms with E-state index in [1.165, 1.54) is 41.0 Å². The molecule has 38 heavy (non-hydrogen) atoms. The van der Waals surface area contributed by atoms with Crippen LogP contribution in [0.15, 0.2) is 66.7 Å². The van der Waals surface area contributed by atoms with E-state index in [9.17, 15) is 14.0 Å². The third kappa shape index (κ3) is 5.99. The van der Waals surface area contributed by atoms with Crippen LogP contribution in [0.3, 0.4) is 0 Å². The summed E-state index contributed by atoms with van der Waals surface area (Å²) in [6.45, 7) is 6.30. The molecular formula is C29H32FN5O3. The largest absolute Gasteiger partial charge is 0.495 e. The number of aromatic nitrogens is 3. The molecule has 0 aliphatic rings. The van der Waals surface area contributed by atoms with Gasteiger partial charge in [0.05, 0.1) is 18.3 Å². The van der Waals surface area contributed by atoms with Crippen LogP contribution in [0.2, 0.25) is 0 Å². The number of hydrogen-bond donors (Lipinski definition) is 1. The Hall–Kier alpha value is -4.27. The summed E-state index contributed by atoms with van der Waals surface area (Å²) >= 11 is 0. The number of nitrogens with one attached hydrogen (secondary N) is 1. The zero-order chi connectivity index (χ0) is 27.2. The summed E-state index contributed by atoms with van der Waals surface area (Å²) in [4.78, 5) is 29.3. The summed E-state index contributed by atoms with van der Waals surface area (Å²) in [6, 6.07) is 17.3. The number of benzene rings is 3. The topological polar surface area (TPSA) is 89.3 Å². The number of amides is 2. The molecular weight excluding hydrogens is 485 g/mol. The van der Waals surface area contributed by atoms with E-state index in [0.717, 1.165) is 12.0 Å². The van der Waals surface area contributed by atoms with E-state index >= 15 is 0 Å². The predicted molar refractivity (Wildman–Crippen MR) is 144 cm³/mol. The van der Waals surface area contributed by atoms with Crippen LogP contribution in [0.5, 0.6) is 5.75 Å². The van der Waals surface area contributed by atoms with Gasteiger partial charge in [0, 0.05) is 6.54 Å². The molecule has 1 N–H and O–H groups in total. The van der Waals surface area contributed by atoms with E-state index in [1.54, 1.807) is 12.1 Å². The van der Waals surface area contributed by atoms with Crippen LogP contribution in [0.1, 0.15) is 37.4 Å². The number of aryl methyl sites for hydroxylation is 1. The van der Waals surface area contributed by atoms with Gasteiger partial charge in [-0.1, -0.05) is 49.4 Å². The van der Waals surface area contributed by atoms with Crippen LogP contribution in [-0.4, -0.2) is 40.5 Å². The minimum atomic E-state index is -1.08. The SMILES string of the molecule is COc1ccc(C)cc1N(C(=O)Cn1nnc2ccccc21)[C@H](C(=O)NCCC(C)C)c1ccc(F)cc1. The van der Waals surface area contributed by atoms with E-state index in [-0.39, 0.29) is 12.5 Å². The number of para-hydroxylation sites is 1. The van der Waals surface area contributed by atoms with Crippen molar-refractivity contribution in [3.8, 4) is 5.75 Å². The number of methoxy groups -OCH3 is 1. The molecule has 3 aromatic carbocycles. The van der Waals surface area contributed by atoms with Crippen LogP contribution >= 0.6 is 0 Å². The van der Waals surface area contributed by atoms with Crippen molar-refractivity contribution in [2.75, 3.05) is 18.6 Å². The second-order valence-electron chi connectivity index (χ2n) is 9.60. The molecule has 0 aliphatic heterocycles. The highest BCUT2D eigenvalue weighted by Gasteiger charge is 2.35.